The summed E-state index contributed by atoms with van der Waals surface area (Å²) in [6.45, 7) is 3.66. The second kappa shape index (κ2) is 9.35. The molecule has 3 rings (SSSR count). The number of ether oxygens (including phenoxy) is 1. The van der Waals surface area contributed by atoms with E-state index in [2.05, 4.69) is 39.2 Å². The molecule has 0 bridgehead atoms. The number of hydrogen-bond acceptors (Lipinski definition) is 5. The number of anilines is 1. The molecular formula is C21H28N4O2. The van der Waals surface area contributed by atoms with Crippen molar-refractivity contribution in [1.82, 2.24) is 15.3 Å². The predicted octanol–water partition coefficient (Wildman–Crippen LogP) is 2.84. The van der Waals surface area contributed by atoms with E-state index in [1.807, 2.05) is 18.2 Å². The average molecular weight is 368 g/mol. The Bertz CT molecular complexity index is 721. The van der Waals surface area contributed by atoms with Crippen molar-refractivity contribution in [2.75, 3.05) is 25.1 Å². The van der Waals surface area contributed by atoms with Crippen molar-refractivity contribution in [3.05, 3.63) is 48.3 Å². The van der Waals surface area contributed by atoms with Gasteiger partial charge < -0.3 is 15.0 Å². The summed E-state index contributed by atoms with van der Waals surface area (Å²) in [6.07, 6.45) is 7.23. The fourth-order valence-electron chi connectivity index (χ4n) is 3.44. The summed E-state index contributed by atoms with van der Waals surface area (Å²) >= 11 is 0. The lowest BCUT2D eigenvalue weighted by Gasteiger charge is -2.32. The largest absolute Gasteiger partial charge is 0.497 e. The number of aromatic nitrogens is 2. The van der Waals surface area contributed by atoms with E-state index in [-0.39, 0.29) is 17.9 Å². The molecule has 1 aromatic heterocycles. The molecule has 2 atom stereocenters. The maximum atomic E-state index is 12.7. The van der Waals surface area contributed by atoms with Gasteiger partial charge in [-0.05, 0) is 56.4 Å². The number of methoxy groups -OCH3 is 1. The van der Waals surface area contributed by atoms with Crippen molar-refractivity contribution in [1.29, 1.82) is 0 Å². The molecule has 27 heavy (non-hydrogen) atoms. The second-order valence-electron chi connectivity index (χ2n) is 7.13. The molecule has 2 aromatic rings. The average Bonchev–Trinajstić information content (AvgIpc) is 2.73. The molecule has 1 amide bonds. The normalized spacial score (nSPS) is 18.0. The van der Waals surface area contributed by atoms with Crippen LogP contribution in [0.5, 0.6) is 5.75 Å². The lowest BCUT2D eigenvalue weighted by atomic mass is 9.96. The van der Waals surface area contributed by atoms with E-state index in [9.17, 15) is 4.79 Å². The molecular weight excluding hydrogens is 340 g/mol. The highest BCUT2D eigenvalue weighted by Crippen LogP contribution is 2.20. The minimum Gasteiger partial charge on any atom is -0.497 e. The lowest BCUT2D eigenvalue weighted by Crippen LogP contribution is -2.45. The molecule has 6 heteroatoms. The van der Waals surface area contributed by atoms with E-state index in [1.165, 1.54) is 5.56 Å². The Morgan fingerprint density at radius 3 is 2.74 bits per heavy atom. The van der Waals surface area contributed by atoms with Crippen LogP contribution in [0.25, 0.3) is 0 Å². The van der Waals surface area contributed by atoms with E-state index in [0.29, 0.717) is 12.5 Å². The Morgan fingerprint density at radius 1 is 1.30 bits per heavy atom. The summed E-state index contributed by atoms with van der Waals surface area (Å²) in [5, 5.41) is 3.18. The van der Waals surface area contributed by atoms with Gasteiger partial charge in [0.2, 0.25) is 11.9 Å². The van der Waals surface area contributed by atoms with Crippen molar-refractivity contribution in [2.24, 2.45) is 5.92 Å². The van der Waals surface area contributed by atoms with Gasteiger partial charge in [0.15, 0.2) is 0 Å². The molecule has 0 unspecified atom stereocenters. The van der Waals surface area contributed by atoms with Crippen LogP contribution in [0.2, 0.25) is 0 Å². The molecule has 1 aliphatic heterocycles. The van der Waals surface area contributed by atoms with Crippen molar-refractivity contribution in [3.8, 4) is 5.75 Å². The number of nitrogens with zero attached hydrogens (tertiary/aromatic N) is 3. The zero-order valence-corrected chi connectivity index (χ0v) is 16.1. The standard InChI is InChI=1S/C21H28N4O2/c1-16(6-7-17-8-10-19(27-2)11-9-17)24-20(26)18-5-3-14-25(15-18)21-22-12-4-13-23-21/h4,8-13,16,18H,3,5-7,14-15H2,1-2H3,(H,24,26)/t16-,18+/m0/s1. The van der Waals surface area contributed by atoms with Gasteiger partial charge in [0.25, 0.3) is 0 Å². The number of benzene rings is 1. The lowest BCUT2D eigenvalue weighted by molar-refractivity contribution is -0.125. The minimum absolute atomic E-state index is 0.00834. The van der Waals surface area contributed by atoms with E-state index >= 15 is 0 Å². The van der Waals surface area contributed by atoms with Crippen molar-refractivity contribution >= 4 is 11.9 Å². The van der Waals surface area contributed by atoms with Gasteiger partial charge in [0, 0.05) is 31.5 Å². The van der Waals surface area contributed by atoms with Crippen LogP contribution in [0.15, 0.2) is 42.7 Å². The highest BCUT2D eigenvalue weighted by atomic mass is 16.5. The number of hydrogen-bond donors (Lipinski definition) is 1. The molecule has 1 saturated heterocycles. The molecule has 6 nitrogen and oxygen atoms in total. The van der Waals surface area contributed by atoms with E-state index in [0.717, 1.165) is 38.0 Å². The topological polar surface area (TPSA) is 67.3 Å². The van der Waals surface area contributed by atoms with Crippen LogP contribution < -0.4 is 15.0 Å². The summed E-state index contributed by atoms with van der Waals surface area (Å²) in [7, 11) is 1.67. The summed E-state index contributed by atoms with van der Waals surface area (Å²) in [6, 6.07) is 10.0. The molecule has 1 N–H and O–H groups in total. The van der Waals surface area contributed by atoms with E-state index in [4.69, 9.17) is 4.74 Å². The summed E-state index contributed by atoms with van der Waals surface area (Å²) in [5.41, 5.74) is 1.25. The smallest absolute Gasteiger partial charge is 0.225 e. The highest BCUT2D eigenvalue weighted by Gasteiger charge is 2.27. The summed E-state index contributed by atoms with van der Waals surface area (Å²) in [4.78, 5) is 23.4. The molecule has 0 spiro atoms. The molecule has 1 fully saturated rings. The fraction of sp³-hybridized carbons (Fsp3) is 0.476. The van der Waals surface area contributed by atoms with E-state index < -0.39 is 0 Å². The first-order valence-corrected chi connectivity index (χ1v) is 9.61. The first kappa shape index (κ1) is 19.1. The summed E-state index contributed by atoms with van der Waals surface area (Å²) < 4.78 is 5.19. The van der Waals surface area contributed by atoms with Gasteiger partial charge in [0.1, 0.15) is 5.75 Å². The Morgan fingerprint density at radius 2 is 2.04 bits per heavy atom. The van der Waals surface area contributed by atoms with Crippen LogP contribution in [-0.4, -0.2) is 42.1 Å². The van der Waals surface area contributed by atoms with Gasteiger partial charge in [-0.2, -0.15) is 0 Å². The number of piperidine rings is 1. The molecule has 0 radical (unpaired) electrons. The van der Waals surface area contributed by atoms with Crippen LogP contribution in [0, 0.1) is 5.92 Å². The van der Waals surface area contributed by atoms with Gasteiger partial charge in [0.05, 0.1) is 13.0 Å². The number of carbonyl (C=O) groups excluding carboxylic acids is 1. The first-order valence-electron chi connectivity index (χ1n) is 9.61. The molecule has 144 valence electrons. The fourth-order valence-corrected chi connectivity index (χ4v) is 3.44. The predicted molar refractivity (Wildman–Crippen MR) is 106 cm³/mol. The second-order valence-corrected chi connectivity index (χ2v) is 7.13. The third-order valence-corrected chi connectivity index (χ3v) is 5.04. The maximum absolute atomic E-state index is 12.7. The van der Waals surface area contributed by atoms with Crippen LogP contribution in [0.4, 0.5) is 5.95 Å². The van der Waals surface area contributed by atoms with Gasteiger partial charge in [-0.15, -0.1) is 0 Å². The molecule has 1 aromatic carbocycles. The quantitative estimate of drug-likeness (QED) is 0.814. The van der Waals surface area contributed by atoms with Crippen LogP contribution >= 0.6 is 0 Å². The molecule has 0 saturated carbocycles. The Kier molecular flexibility index (Phi) is 6.63. The summed E-state index contributed by atoms with van der Waals surface area (Å²) in [5.74, 6) is 1.70. The number of nitrogens with one attached hydrogen (secondary N) is 1. The van der Waals surface area contributed by atoms with Gasteiger partial charge >= 0.3 is 0 Å². The maximum Gasteiger partial charge on any atom is 0.225 e. The Hall–Kier alpha value is -2.63. The van der Waals surface area contributed by atoms with Crippen LogP contribution in [0.1, 0.15) is 31.7 Å². The van der Waals surface area contributed by atoms with Crippen molar-refractivity contribution in [2.45, 2.75) is 38.6 Å². The number of amides is 1. The Balaban J connectivity index is 1.47. The van der Waals surface area contributed by atoms with E-state index in [1.54, 1.807) is 19.5 Å². The SMILES string of the molecule is COc1ccc(CC[C@H](C)NC(=O)[C@@H]2CCCN(c3ncccn3)C2)cc1. The highest BCUT2D eigenvalue weighted by molar-refractivity contribution is 5.79. The molecule has 2 heterocycles. The monoisotopic (exact) mass is 368 g/mol. The number of aryl methyl sites for hydroxylation is 1. The zero-order valence-electron chi connectivity index (χ0n) is 16.1. The Labute approximate surface area is 161 Å². The third-order valence-electron chi connectivity index (χ3n) is 5.04. The minimum atomic E-state index is -0.00834. The van der Waals surface area contributed by atoms with Crippen molar-refractivity contribution < 1.29 is 9.53 Å². The van der Waals surface area contributed by atoms with Crippen LogP contribution in [-0.2, 0) is 11.2 Å². The van der Waals surface area contributed by atoms with Gasteiger partial charge in [-0.25, -0.2) is 9.97 Å². The van der Waals surface area contributed by atoms with Gasteiger partial charge in [-0.3, -0.25) is 4.79 Å². The molecule has 0 aliphatic carbocycles. The van der Waals surface area contributed by atoms with Crippen LogP contribution in [0.3, 0.4) is 0 Å². The number of carbonyl (C=O) groups is 1. The molecule has 1 aliphatic rings. The number of rotatable bonds is 7. The zero-order chi connectivity index (χ0) is 19.1. The van der Waals surface area contributed by atoms with Gasteiger partial charge in [-0.1, -0.05) is 12.1 Å². The van der Waals surface area contributed by atoms with Crippen molar-refractivity contribution in [3.63, 3.8) is 0 Å². The third kappa shape index (κ3) is 5.42. The first-order chi connectivity index (χ1) is 13.2.